The van der Waals surface area contributed by atoms with E-state index in [1.165, 1.54) is 6.07 Å². The molecule has 2 aromatic rings. The number of ether oxygens (including phenoxy) is 1. The standard InChI is InChI=1S/C21H21F2NO2S/c22-19-5-2-6-20(23)18(19)7-8-21(25)24-16-4-1-3-15(13-16)14-27-17-9-11-26-12-10-17/h1-8,13,17H,9-12,14H2,(H,24,25)/b8-7+. The van der Waals surface area contributed by atoms with Gasteiger partial charge >= 0.3 is 0 Å². The van der Waals surface area contributed by atoms with Crippen LogP contribution in [0, 0.1) is 11.6 Å². The Morgan fingerprint density at radius 3 is 2.59 bits per heavy atom. The Kier molecular flexibility index (Phi) is 7.01. The fourth-order valence-electron chi connectivity index (χ4n) is 2.81. The second-order valence-electron chi connectivity index (χ2n) is 6.28. The van der Waals surface area contributed by atoms with Crippen LogP contribution in [0.15, 0.2) is 48.5 Å². The molecule has 0 aliphatic carbocycles. The van der Waals surface area contributed by atoms with Crippen LogP contribution in [0.4, 0.5) is 14.5 Å². The van der Waals surface area contributed by atoms with Crippen LogP contribution in [-0.4, -0.2) is 24.4 Å². The quantitative estimate of drug-likeness (QED) is 0.705. The predicted molar refractivity (Wildman–Crippen MR) is 106 cm³/mol. The van der Waals surface area contributed by atoms with Gasteiger partial charge in [0.25, 0.3) is 0 Å². The van der Waals surface area contributed by atoms with Crippen molar-refractivity contribution in [2.24, 2.45) is 0 Å². The molecular weight excluding hydrogens is 368 g/mol. The smallest absolute Gasteiger partial charge is 0.248 e. The zero-order valence-corrected chi connectivity index (χ0v) is 15.6. The topological polar surface area (TPSA) is 38.3 Å². The Hall–Kier alpha value is -2.18. The minimum absolute atomic E-state index is 0.228. The maximum atomic E-state index is 13.6. The molecule has 0 spiro atoms. The van der Waals surface area contributed by atoms with Crippen molar-refractivity contribution in [3.05, 3.63) is 71.3 Å². The third kappa shape index (κ3) is 5.91. The molecule has 2 aromatic carbocycles. The fourth-order valence-corrected chi connectivity index (χ4v) is 3.94. The first-order valence-corrected chi connectivity index (χ1v) is 9.88. The lowest BCUT2D eigenvalue weighted by molar-refractivity contribution is -0.111. The molecule has 1 aliphatic rings. The SMILES string of the molecule is O=C(/C=C/c1c(F)cccc1F)Nc1cccc(CSC2CCOCC2)c1. The number of thioether (sulfide) groups is 1. The number of hydrogen-bond acceptors (Lipinski definition) is 3. The molecule has 27 heavy (non-hydrogen) atoms. The van der Waals surface area contributed by atoms with Crippen molar-refractivity contribution >= 4 is 29.4 Å². The van der Waals surface area contributed by atoms with Crippen molar-refractivity contribution in [3.63, 3.8) is 0 Å². The van der Waals surface area contributed by atoms with E-state index in [9.17, 15) is 13.6 Å². The molecule has 0 atom stereocenters. The molecule has 1 amide bonds. The molecule has 0 bridgehead atoms. The van der Waals surface area contributed by atoms with E-state index in [0.717, 1.165) is 61.7 Å². The van der Waals surface area contributed by atoms with Gasteiger partial charge in [0.1, 0.15) is 11.6 Å². The Bertz CT molecular complexity index is 799. The second kappa shape index (κ2) is 9.67. The summed E-state index contributed by atoms with van der Waals surface area (Å²) in [6.45, 7) is 1.64. The van der Waals surface area contributed by atoms with Crippen LogP contribution < -0.4 is 5.32 Å². The largest absolute Gasteiger partial charge is 0.381 e. The summed E-state index contributed by atoms with van der Waals surface area (Å²) in [5.74, 6) is -0.978. The monoisotopic (exact) mass is 389 g/mol. The fraction of sp³-hybridized carbons (Fsp3) is 0.286. The zero-order valence-electron chi connectivity index (χ0n) is 14.8. The lowest BCUT2D eigenvalue weighted by Crippen LogP contribution is -2.17. The molecule has 0 aromatic heterocycles. The number of carbonyl (C=O) groups is 1. The first-order valence-electron chi connectivity index (χ1n) is 8.83. The van der Waals surface area contributed by atoms with Crippen LogP contribution in [0.5, 0.6) is 0 Å². The van der Waals surface area contributed by atoms with E-state index in [4.69, 9.17) is 4.74 Å². The summed E-state index contributed by atoms with van der Waals surface area (Å²) in [6.07, 6.45) is 4.41. The third-order valence-corrected chi connectivity index (χ3v) is 5.69. The van der Waals surface area contributed by atoms with E-state index < -0.39 is 17.5 Å². The van der Waals surface area contributed by atoms with E-state index in [0.29, 0.717) is 10.9 Å². The molecule has 1 N–H and O–H groups in total. The summed E-state index contributed by atoms with van der Waals surface area (Å²) >= 11 is 1.90. The van der Waals surface area contributed by atoms with E-state index >= 15 is 0 Å². The molecular formula is C21H21F2NO2S. The Morgan fingerprint density at radius 2 is 1.85 bits per heavy atom. The van der Waals surface area contributed by atoms with Crippen LogP contribution in [0.2, 0.25) is 0 Å². The van der Waals surface area contributed by atoms with E-state index in [2.05, 4.69) is 5.32 Å². The summed E-state index contributed by atoms with van der Waals surface area (Å²) in [5.41, 5.74) is 1.55. The molecule has 0 saturated carbocycles. The highest BCUT2D eigenvalue weighted by molar-refractivity contribution is 7.99. The lowest BCUT2D eigenvalue weighted by Gasteiger charge is -2.21. The van der Waals surface area contributed by atoms with Crippen molar-refractivity contribution in [2.75, 3.05) is 18.5 Å². The first-order chi connectivity index (χ1) is 13.1. The van der Waals surface area contributed by atoms with Crippen molar-refractivity contribution in [1.82, 2.24) is 0 Å². The van der Waals surface area contributed by atoms with Crippen LogP contribution in [0.25, 0.3) is 6.08 Å². The van der Waals surface area contributed by atoms with Crippen LogP contribution >= 0.6 is 11.8 Å². The molecule has 1 aliphatic heterocycles. The van der Waals surface area contributed by atoms with E-state index in [1.54, 1.807) is 6.07 Å². The summed E-state index contributed by atoms with van der Waals surface area (Å²) in [7, 11) is 0. The highest BCUT2D eigenvalue weighted by Gasteiger charge is 2.14. The maximum absolute atomic E-state index is 13.6. The second-order valence-corrected chi connectivity index (χ2v) is 7.57. The molecule has 1 heterocycles. The van der Waals surface area contributed by atoms with Gasteiger partial charge in [-0.25, -0.2) is 8.78 Å². The molecule has 6 heteroatoms. The minimum atomic E-state index is -0.703. The van der Waals surface area contributed by atoms with Gasteiger partial charge < -0.3 is 10.1 Å². The highest BCUT2D eigenvalue weighted by atomic mass is 32.2. The van der Waals surface area contributed by atoms with Gasteiger partial charge in [-0.15, -0.1) is 0 Å². The number of carbonyl (C=O) groups excluding carboxylic acids is 1. The van der Waals surface area contributed by atoms with Crippen LogP contribution in [-0.2, 0) is 15.3 Å². The van der Waals surface area contributed by atoms with E-state index in [1.807, 2.05) is 30.0 Å². The molecule has 0 radical (unpaired) electrons. The van der Waals surface area contributed by atoms with Gasteiger partial charge in [0, 0.05) is 41.5 Å². The minimum Gasteiger partial charge on any atom is -0.381 e. The first kappa shape index (κ1) is 19.6. The van der Waals surface area contributed by atoms with Crippen LogP contribution in [0.1, 0.15) is 24.0 Å². The molecule has 3 nitrogen and oxygen atoms in total. The number of halogens is 2. The molecule has 3 rings (SSSR count). The van der Waals surface area contributed by atoms with Gasteiger partial charge in [-0.2, -0.15) is 11.8 Å². The maximum Gasteiger partial charge on any atom is 0.248 e. The van der Waals surface area contributed by atoms with Gasteiger partial charge in [0.2, 0.25) is 5.91 Å². The zero-order chi connectivity index (χ0) is 19.1. The molecule has 1 saturated heterocycles. The van der Waals surface area contributed by atoms with Crippen LogP contribution in [0.3, 0.4) is 0 Å². The van der Waals surface area contributed by atoms with Gasteiger partial charge in [-0.3, -0.25) is 4.79 Å². The molecule has 1 fully saturated rings. The van der Waals surface area contributed by atoms with Gasteiger partial charge in [0.15, 0.2) is 0 Å². The average molecular weight is 389 g/mol. The summed E-state index contributed by atoms with van der Waals surface area (Å²) in [6, 6.07) is 11.2. The van der Waals surface area contributed by atoms with Gasteiger partial charge in [0.05, 0.1) is 0 Å². The number of rotatable bonds is 6. The summed E-state index contributed by atoms with van der Waals surface area (Å²) in [4.78, 5) is 12.1. The van der Waals surface area contributed by atoms with Gasteiger partial charge in [-0.05, 0) is 48.7 Å². The third-order valence-electron chi connectivity index (χ3n) is 4.25. The van der Waals surface area contributed by atoms with Crippen molar-refractivity contribution < 1.29 is 18.3 Å². The highest BCUT2D eigenvalue weighted by Crippen LogP contribution is 2.26. The van der Waals surface area contributed by atoms with Gasteiger partial charge in [-0.1, -0.05) is 18.2 Å². The lowest BCUT2D eigenvalue weighted by atomic mass is 10.2. The van der Waals surface area contributed by atoms with Crippen molar-refractivity contribution in [2.45, 2.75) is 23.8 Å². The Labute approximate surface area is 161 Å². The predicted octanol–water partition coefficient (Wildman–Crippen LogP) is 5.03. The number of anilines is 1. The number of benzene rings is 2. The Balaban J connectivity index is 1.57. The summed E-state index contributed by atoms with van der Waals surface area (Å²) < 4.78 is 32.5. The number of nitrogens with one attached hydrogen (secondary N) is 1. The number of amides is 1. The molecule has 142 valence electrons. The number of hydrogen-bond donors (Lipinski definition) is 1. The van der Waals surface area contributed by atoms with Crippen molar-refractivity contribution in [1.29, 1.82) is 0 Å². The normalized spacial score (nSPS) is 15.2. The average Bonchev–Trinajstić information content (AvgIpc) is 2.67. The molecule has 0 unspecified atom stereocenters. The Morgan fingerprint density at radius 1 is 1.15 bits per heavy atom. The van der Waals surface area contributed by atoms with E-state index in [-0.39, 0.29) is 5.56 Å². The summed E-state index contributed by atoms with van der Waals surface area (Å²) in [5, 5.41) is 3.34. The van der Waals surface area contributed by atoms with Crippen molar-refractivity contribution in [3.8, 4) is 0 Å².